The summed E-state index contributed by atoms with van der Waals surface area (Å²) in [6.07, 6.45) is 2.98. The van der Waals surface area contributed by atoms with Crippen molar-refractivity contribution in [1.29, 1.82) is 0 Å². The summed E-state index contributed by atoms with van der Waals surface area (Å²) >= 11 is 6.32. The fourth-order valence-corrected chi connectivity index (χ4v) is 4.45. The van der Waals surface area contributed by atoms with E-state index in [-0.39, 0.29) is 16.1 Å². The molecule has 0 aliphatic rings. The lowest BCUT2D eigenvalue weighted by Gasteiger charge is -2.19. The van der Waals surface area contributed by atoms with Gasteiger partial charge in [0.1, 0.15) is 5.82 Å². The summed E-state index contributed by atoms with van der Waals surface area (Å²) < 4.78 is 30.9. The maximum Gasteiger partial charge on any atom is 0.263 e. The van der Waals surface area contributed by atoms with Gasteiger partial charge in [-0.15, -0.1) is 0 Å². The van der Waals surface area contributed by atoms with E-state index >= 15 is 0 Å². The van der Waals surface area contributed by atoms with Crippen LogP contribution in [0.25, 0.3) is 16.8 Å². The Bertz CT molecular complexity index is 1370. The van der Waals surface area contributed by atoms with Crippen LogP contribution in [0.4, 0.5) is 5.82 Å². The van der Waals surface area contributed by atoms with Gasteiger partial charge in [-0.3, -0.25) is 9.93 Å². The Morgan fingerprint density at radius 3 is 2.45 bits per heavy atom. The van der Waals surface area contributed by atoms with Crippen molar-refractivity contribution in [2.24, 2.45) is 0 Å². The van der Waals surface area contributed by atoms with E-state index < -0.39 is 10.0 Å². The zero-order valence-electron chi connectivity index (χ0n) is 17.2. The number of benzene rings is 1. The molecule has 0 bridgehead atoms. The number of hydrogen-bond donors (Lipinski definition) is 2. The average molecular weight is 458 g/mol. The maximum atomic E-state index is 13.0. The van der Waals surface area contributed by atoms with Gasteiger partial charge in [0, 0.05) is 10.8 Å². The fourth-order valence-electron chi connectivity index (χ4n) is 3.21. The van der Waals surface area contributed by atoms with Crippen LogP contribution in [0.5, 0.6) is 0 Å². The lowest BCUT2D eigenvalue weighted by atomic mass is 9.87. The number of rotatable bonds is 4. The first-order chi connectivity index (χ1) is 14.5. The van der Waals surface area contributed by atoms with Gasteiger partial charge in [0.25, 0.3) is 10.0 Å². The summed E-state index contributed by atoms with van der Waals surface area (Å²) in [4.78, 5) is 0.153. The van der Waals surface area contributed by atoms with Crippen LogP contribution in [0, 0.1) is 0 Å². The van der Waals surface area contributed by atoms with E-state index in [9.17, 15) is 13.6 Å². The van der Waals surface area contributed by atoms with Gasteiger partial charge in [0.15, 0.2) is 0 Å². The number of nitrogens with zero attached hydrogens (tertiary/aromatic N) is 3. The molecule has 1 aromatic carbocycles. The number of hydrogen-bond acceptors (Lipinski definition) is 4. The smallest absolute Gasteiger partial charge is 0.263 e. The minimum atomic E-state index is -3.84. The first-order valence-electron chi connectivity index (χ1n) is 9.57. The molecule has 0 aliphatic carbocycles. The molecule has 3 heterocycles. The summed E-state index contributed by atoms with van der Waals surface area (Å²) in [6, 6.07) is 15.2. The van der Waals surface area contributed by atoms with Crippen molar-refractivity contribution in [2.75, 3.05) is 4.72 Å². The molecule has 4 rings (SSSR count). The van der Waals surface area contributed by atoms with Gasteiger partial charge < -0.3 is 0 Å². The van der Waals surface area contributed by atoms with Gasteiger partial charge in [-0.1, -0.05) is 44.5 Å². The molecule has 0 radical (unpaired) electrons. The zero-order chi connectivity index (χ0) is 22.4. The monoisotopic (exact) mass is 457 g/mol. The maximum absolute atomic E-state index is 13.0. The Morgan fingerprint density at radius 1 is 1.10 bits per heavy atom. The predicted octanol–water partition coefficient (Wildman–Crippen LogP) is 4.28. The van der Waals surface area contributed by atoms with Crippen LogP contribution in [0.1, 0.15) is 26.3 Å². The summed E-state index contributed by atoms with van der Waals surface area (Å²) in [7, 11) is -3.84. The lowest BCUT2D eigenvalue weighted by Crippen LogP contribution is -2.28. The topological polar surface area (TPSA) is 87.6 Å². The van der Waals surface area contributed by atoms with Gasteiger partial charge in [-0.2, -0.15) is 5.10 Å². The molecule has 0 saturated heterocycles. The standard InChI is InChI=1S/C22H22ClN4O3S/c1-22(2,3)16-6-8-17(9-7-16)31(29,30)25-21-11-10-18(23)20-13-19(24-27(20)21)15-5-4-12-26(28)14-15/h4-14,25,28H,1-3H3/q+1. The van der Waals surface area contributed by atoms with Crippen molar-refractivity contribution < 1.29 is 18.4 Å². The van der Waals surface area contributed by atoms with E-state index in [2.05, 4.69) is 30.6 Å². The molecule has 0 aliphatic heterocycles. The van der Waals surface area contributed by atoms with E-state index in [1.165, 1.54) is 16.9 Å². The van der Waals surface area contributed by atoms with Crippen LogP contribution in [0.3, 0.4) is 0 Å². The number of anilines is 1. The molecule has 3 aromatic heterocycles. The molecule has 0 saturated carbocycles. The third kappa shape index (κ3) is 4.22. The minimum absolute atomic E-state index is 0.0757. The van der Waals surface area contributed by atoms with Crippen LogP contribution in [-0.2, 0) is 15.4 Å². The molecule has 160 valence electrons. The first-order valence-corrected chi connectivity index (χ1v) is 11.4. The van der Waals surface area contributed by atoms with Crippen LogP contribution < -0.4 is 9.45 Å². The van der Waals surface area contributed by atoms with E-state index in [4.69, 9.17) is 11.6 Å². The zero-order valence-corrected chi connectivity index (χ0v) is 18.8. The SMILES string of the molecule is CC(C)(C)c1ccc(S(=O)(=O)Nc2ccc(Cl)c3cc(-c4ccc[n+](O)c4)nn23)cc1. The highest BCUT2D eigenvalue weighted by Crippen LogP contribution is 2.28. The number of aromatic nitrogens is 3. The number of pyridine rings is 2. The number of fused-ring (bicyclic) bond motifs is 1. The summed E-state index contributed by atoms with van der Waals surface area (Å²) in [5.41, 5.74) is 2.69. The Kier molecular flexibility index (Phi) is 5.15. The van der Waals surface area contributed by atoms with Crippen LogP contribution in [0.2, 0.25) is 5.02 Å². The van der Waals surface area contributed by atoms with E-state index in [1.54, 1.807) is 42.5 Å². The van der Waals surface area contributed by atoms with E-state index in [0.29, 0.717) is 21.8 Å². The molecule has 0 unspecified atom stereocenters. The average Bonchev–Trinajstić information content (AvgIpc) is 3.16. The lowest BCUT2D eigenvalue weighted by molar-refractivity contribution is -0.904. The summed E-state index contributed by atoms with van der Waals surface area (Å²) in [5.74, 6) is 0.248. The second-order valence-electron chi connectivity index (χ2n) is 8.25. The highest BCUT2D eigenvalue weighted by Gasteiger charge is 2.20. The quantitative estimate of drug-likeness (QED) is 0.353. The molecule has 0 atom stereocenters. The van der Waals surface area contributed by atoms with E-state index in [1.807, 2.05) is 12.1 Å². The molecule has 9 heteroatoms. The van der Waals surface area contributed by atoms with Gasteiger partial charge >= 0.3 is 0 Å². The minimum Gasteiger partial charge on any atom is -0.285 e. The van der Waals surface area contributed by atoms with Crippen LogP contribution in [-0.4, -0.2) is 23.2 Å². The van der Waals surface area contributed by atoms with Gasteiger partial charge in [0.05, 0.1) is 26.7 Å². The van der Waals surface area contributed by atoms with Crippen LogP contribution in [0.15, 0.2) is 71.9 Å². The van der Waals surface area contributed by atoms with E-state index in [0.717, 1.165) is 10.3 Å². The Labute approximate surface area is 185 Å². The van der Waals surface area contributed by atoms with Gasteiger partial charge in [0.2, 0.25) is 12.4 Å². The third-order valence-electron chi connectivity index (χ3n) is 4.92. The Balaban J connectivity index is 1.73. The van der Waals surface area contributed by atoms with Crippen LogP contribution >= 0.6 is 11.6 Å². The second-order valence-corrected chi connectivity index (χ2v) is 10.3. The molecular formula is C22H22ClN4O3S+. The van der Waals surface area contributed by atoms with Gasteiger partial charge in [-0.25, -0.2) is 12.9 Å². The number of nitrogens with one attached hydrogen (secondary N) is 1. The predicted molar refractivity (Wildman–Crippen MR) is 119 cm³/mol. The molecule has 2 N–H and O–H groups in total. The fraction of sp³-hybridized carbons (Fsp3) is 0.182. The number of sulfonamides is 1. The Hall–Kier alpha value is -3.10. The van der Waals surface area contributed by atoms with Crippen molar-refractivity contribution in [2.45, 2.75) is 31.1 Å². The highest BCUT2D eigenvalue weighted by atomic mass is 35.5. The highest BCUT2D eigenvalue weighted by molar-refractivity contribution is 7.92. The van der Waals surface area contributed by atoms with Crippen molar-refractivity contribution in [3.8, 4) is 11.3 Å². The Morgan fingerprint density at radius 2 is 1.81 bits per heavy atom. The van der Waals surface area contributed by atoms with Gasteiger partial charge in [-0.05, 0) is 47.4 Å². The molecular weight excluding hydrogens is 436 g/mol. The molecule has 31 heavy (non-hydrogen) atoms. The molecule has 7 nitrogen and oxygen atoms in total. The van der Waals surface area contributed by atoms with Crippen molar-refractivity contribution >= 4 is 33.0 Å². The summed E-state index contributed by atoms with van der Waals surface area (Å²) in [5, 5.41) is 14.6. The largest absolute Gasteiger partial charge is 0.285 e. The molecule has 0 spiro atoms. The molecule has 0 fully saturated rings. The third-order valence-corrected chi connectivity index (χ3v) is 6.61. The molecule has 0 amide bonds. The van der Waals surface area contributed by atoms with Crippen molar-refractivity contribution in [3.63, 3.8) is 0 Å². The van der Waals surface area contributed by atoms with Crippen molar-refractivity contribution in [3.05, 3.63) is 77.6 Å². The first kappa shape index (κ1) is 21.1. The second kappa shape index (κ2) is 7.55. The molecule has 4 aromatic rings. The van der Waals surface area contributed by atoms with Crippen molar-refractivity contribution in [1.82, 2.24) is 9.61 Å². The normalized spacial score (nSPS) is 12.3. The summed E-state index contributed by atoms with van der Waals surface area (Å²) in [6.45, 7) is 6.21. The number of halogens is 1.